The molecule has 2 aromatic carbocycles. The molecule has 176 valence electrons. The molecule has 8 nitrogen and oxygen atoms in total. The van der Waals surface area contributed by atoms with E-state index in [4.69, 9.17) is 14.2 Å². The van der Waals surface area contributed by atoms with Gasteiger partial charge in [-0.15, -0.1) is 0 Å². The first-order valence-electron chi connectivity index (χ1n) is 10.7. The number of nitrogens with zero attached hydrogens (tertiary/aromatic N) is 2. The number of aliphatic hydroxyl groups is 1. The molecule has 1 aliphatic rings. The average molecular weight is 455 g/mol. The summed E-state index contributed by atoms with van der Waals surface area (Å²) in [6, 6.07) is 11.2. The molecule has 0 bridgehead atoms. The number of amides is 1. The number of ether oxygens (including phenoxy) is 3. The third kappa shape index (κ3) is 4.96. The highest BCUT2D eigenvalue weighted by Gasteiger charge is 2.46. The molecule has 8 heteroatoms. The van der Waals surface area contributed by atoms with Crippen LogP contribution in [0.15, 0.2) is 48.0 Å². The number of aliphatic hydroxyl groups excluding tert-OH is 1. The second-order valence-electron chi connectivity index (χ2n) is 7.87. The van der Waals surface area contributed by atoms with Crippen LogP contribution in [0.1, 0.15) is 24.1 Å². The van der Waals surface area contributed by atoms with Crippen LogP contribution in [-0.2, 0) is 9.59 Å². The molecule has 0 spiro atoms. The fourth-order valence-corrected chi connectivity index (χ4v) is 3.82. The predicted molar refractivity (Wildman–Crippen MR) is 125 cm³/mol. The summed E-state index contributed by atoms with van der Waals surface area (Å²) in [7, 11) is 6.83. The van der Waals surface area contributed by atoms with Gasteiger partial charge in [-0.25, -0.2) is 0 Å². The zero-order valence-corrected chi connectivity index (χ0v) is 19.6. The second kappa shape index (κ2) is 10.4. The highest BCUT2D eigenvalue weighted by Crippen LogP contribution is 2.42. The number of likely N-dealkylation sites (N-methyl/N-ethyl adjacent to an activating group) is 1. The van der Waals surface area contributed by atoms with Crippen molar-refractivity contribution in [1.29, 1.82) is 0 Å². The number of carbonyl (C=O) groups is 2. The van der Waals surface area contributed by atoms with Gasteiger partial charge >= 0.3 is 0 Å². The van der Waals surface area contributed by atoms with Crippen LogP contribution < -0.4 is 14.2 Å². The Morgan fingerprint density at radius 2 is 1.82 bits per heavy atom. The van der Waals surface area contributed by atoms with Crippen molar-refractivity contribution in [2.24, 2.45) is 0 Å². The van der Waals surface area contributed by atoms with E-state index in [0.29, 0.717) is 48.1 Å². The highest BCUT2D eigenvalue weighted by molar-refractivity contribution is 6.46. The first-order valence-corrected chi connectivity index (χ1v) is 10.7. The molecule has 1 N–H and O–H groups in total. The van der Waals surface area contributed by atoms with Gasteiger partial charge in [-0.3, -0.25) is 9.59 Å². The van der Waals surface area contributed by atoms with Gasteiger partial charge in [-0.05, 0) is 50.8 Å². The molecule has 1 amide bonds. The lowest BCUT2D eigenvalue weighted by molar-refractivity contribution is -0.140. The van der Waals surface area contributed by atoms with Gasteiger partial charge in [0.05, 0.1) is 32.4 Å². The third-order valence-electron chi connectivity index (χ3n) is 5.47. The van der Waals surface area contributed by atoms with Crippen LogP contribution in [-0.4, -0.2) is 74.6 Å². The number of hydrogen-bond acceptors (Lipinski definition) is 7. The Hall–Kier alpha value is -3.52. The lowest BCUT2D eigenvalue weighted by Gasteiger charge is -2.27. The van der Waals surface area contributed by atoms with E-state index >= 15 is 0 Å². The van der Waals surface area contributed by atoms with Crippen molar-refractivity contribution in [2.75, 3.05) is 48.0 Å². The Bertz CT molecular complexity index is 1060. The van der Waals surface area contributed by atoms with Crippen molar-refractivity contribution in [1.82, 2.24) is 9.80 Å². The lowest BCUT2D eigenvalue weighted by atomic mass is 9.95. The Balaban J connectivity index is 2.18. The molecular formula is C25H30N2O6. The van der Waals surface area contributed by atoms with Crippen molar-refractivity contribution in [3.8, 4) is 17.2 Å². The summed E-state index contributed by atoms with van der Waals surface area (Å²) in [6.07, 6.45) is 0. The van der Waals surface area contributed by atoms with Crippen LogP contribution in [0.3, 0.4) is 0 Å². The van der Waals surface area contributed by atoms with E-state index in [-0.39, 0.29) is 11.3 Å². The summed E-state index contributed by atoms with van der Waals surface area (Å²) in [5.74, 6) is -0.0700. The van der Waals surface area contributed by atoms with Crippen LogP contribution in [0.2, 0.25) is 0 Å². The number of ketones is 1. The van der Waals surface area contributed by atoms with Crippen LogP contribution in [0.4, 0.5) is 0 Å². The van der Waals surface area contributed by atoms with Gasteiger partial charge in [0.15, 0.2) is 11.5 Å². The molecule has 1 aliphatic heterocycles. The summed E-state index contributed by atoms with van der Waals surface area (Å²) >= 11 is 0. The van der Waals surface area contributed by atoms with Gasteiger partial charge in [0.1, 0.15) is 11.5 Å². The average Bonchev–Trinajstić information content (AvgIpc) is 3.07. The summed E-state index contributed by atoms with van der Waals surface area (Å²) in [5.41, 5.74) is 1.05. The van der Waals surface area contributed by atoms with Crippen LogP contribution in [0.25, 0.3) is 5.76 Å². The number of methoxy groups -OCH3 is 2. The largest absolute Gasteiger partial charge is 0.507 e. The fraction of sp³-hybridized carbons (Fsp3) is 0.360. The number of hydrogen-bond donors (Lipinski definition) is 1. The van der Waals surface area contributed by atoms with Gasteiger partial charge in [-0.1, -0.05) is 18.2 Å². The number of carbonyl (C=O) groups excluding carboxylic acids is 2. The van der Waals surface area contributed by atoms with Crippen LogP contribution in [0.5, 0.6) is 17.2 Å². The molecule has 33 heavy (non-hydrogen) atoms. The molecule has 2 aromatic rings. The quantitative estimate of drug-likeness (QED) is 0.354. The zero-order valence-electron chi connectivity index (χ0n) is 19.6. The SMILES string of the molecule is CCOc1ccc(C2/C(=C(\O)c3cccc(OC)c3)C(=O)C(=O)N2CCN(C)C)cc1OC. The predicted octanol–water partition coefficient (Wildman–Crippen LogP) is 3.09. The van der Waals surface area contributed by atoms with Crippen LogP contribution >= 0.6 is 0 Å². The minimum Gasteiger partial charge on any atom is -0.507 e. The normalized spacial score (nSPS) is 17.5. The van der Waals surface area contributed by atoms with Gasteiger partial charge in [0.25, 0.3) is 11.7 Å². The van der Waals surface area contributed by atoms with Gasteiger partial charge in [0.2, 0.25) is 0 Å². The molecule has 1 unspecified atom stereocenters. The van der Waals surface area contributed by atoms with E-state index < -0.39 is 17.7 Å². The molecule has 1 saturated heterocycles. The van der Waals surface area contributed by atoms with E-state index in [0.717, 1.165) is 0 Å². The fourth-order valence-electron chi connectivity index (χ4n) is 3.82. The molecule has 0 radical (unpaired) electrons. The van der Waals surface area contributed by atoms with Crippen molar-refractivity contribution in [3.05, 3.63) is 59.2 Å². The monoisotopic (exact) mass is 454 g/mol. The molecule has 1 heterocycles. The topological polar surface area (TPSA) is 88.5 Å². The van der Waals surface area contributed by atoms with Gasteiger partial charge in [-0.2, -0.15) is 0 Å². The minimum absolute atomic E-state index is 0.0261. The zero-order chi connectivity index (χ0) is 24.1. The highest BCUT2D eigenvalue weighted by atomic mass is 16.5. The molecule has 3 rings (SSSR count). The van der Waals surface area contributed by atoms with Crippen molar-refractivity contribution >= 4 is 17.4 Å². The van der Waals surface area contributed by atoms with E-state index in [9.17, 15) is 14.7 Å². The number of likely N-dealkylation sites (tertiary alicyclic amines) is 1. The lowest BCUT2D eigenvalue weighted by Crippen LogP contribution is -2.35. The Kier molecular flexibility index (Phi) is 7.60. The van der Waals surface area contributed by atoms with Gasteiger partial charge in [0, 0.05) is 18.7 Å². The smallest absolute Gasteiger partial charge is 0.295 e. The maximum Gasteiger partial charge on any atom is 0.295 e. The molecule has 1 atom stereocenters. The number of rotatable bonds is 9. The summed E-state index contributed by atoms with van der Waals surface area (Å²) in [6.45, 7) is 3.20. The summed E-state index contributed by atoms with van der Waals surface area (Å²) in [4.78, 5) is 29.6. The Morgan fingerprint density at radius 1 is 1.06 bits per heavy atom. The summed E-state index contributed by atoms with van der Waals surface area (Å²) < 4.78 is 16.3. The third-order valence-corrected chi connectivity index (χ3v) is 5.47. The van der Waals surface area contributed by atoms with E-state index in [1.165, 1.54) is 19.1 Å². The second-order valence-corrected chi connectivity index (χ2v) is 7.87. The van der Waals surface area contributed by atoms with Crippen molar-refractivity contribution in [3.63, 3.8) is 0 Å². The Morgan fingerprint density at radius 3 is 2.45 bits per heavy atom. The van der Waals surface area contributed by atoms with Crippen molar-refractivity contribution < 1.29 is 28.9 Å². The molecule has 0 aromatic heterocycles. The number of benzene rings is 2. The first-order chi connectivity index (χ1) is 15.8. The van der Waals surface area contributed by atoms with E-state index in [1.807, 2.05) is 25.9 Å². The number of Topliss-reactive ketones (excluding diaryl/α,β-unsaturated/α-hetero) is 1. The van der Waals surface area contributed by atoms with E-state index in [2.05, 4.69) is 0 Å². The molecule has 0 saturated carbocycles. The van der Waals surface area contributed by atoms with Crippen molar-refractivity contribution in [2.45, 2.75) is 13.0 Å². The molecular weight excluding hydrogens is 424 g/mol. The summed E-state index contributed by atoms with van der Waals surface area (Å²) in [5, 5.41) is 11.2. The first kappa shape index (κ1) is 24.1. The molecule has 0 aliphatic carbocycles. The van der Waals surface area contributed by atoms with Gasteiger partial charge < -0.3 is 29.1 Å². The molecule has 1 fully saturated rings. The van der Waals surface area contributed by atoms with E-state index in [1.54, 1.807) is 42.5 Å². The minimum atomic E-state index is -0.777. The van der Waals surface area contributed by atoms with Crippen LogP contribution in [0, 0.1) is 0 Å². The maximum absolute atomic E-state index is 13.1. The maximum atomic E-state index is 13.1. The standard InChI is InChI=1S/C25H30N2O6/c1-6-33-19-11-10-16(15-20(19)32-5)22-21(23(28)17-8-7-9-18(14-17)31-4)24(29)25(30)27(22)13-12-26(2)3/h7-11,14-15,22,28H,6,12-13H2,1-5H3/b23-21+. The Labute approximate surface area is 194 Å².